The first kappa shape index (κ1) is 18.7. The van der Waals surface area contributed by atoms with E-state index < -0.39 is 42.4 Å². The van der Waals surface area contributed by atoms with E-state index in [-0.39, 0.29) is 6.61 Å². The molecule has 2 aromatic heterocycles. The fourth-order valence-electron chi connectivity index (χ4n) is 2.89. The Hall–Kier alpha value is -3.08. The lowest BCUT2D eigenvalue weighted by molar-refractivity contribution is -0.166. The molecular formula is C16H18N4O7. The van der Waals surface area contributed by atoms with Crippen LogP contribution in [0.3, 0.4) is 0 Å². The summed E-state index contributed by atoms with van der Waals surface area (Å²) in [5.41, 5.74) is 0.956. The van der Waals surface area contributed by atoms with Crippen molar-refractivity contribution in [2.45, 2.75) is 45.3 Å². The summed E-state index contributed by atoms with van der Waals surface area (Å²) in [4.78, 5) is 46.6. The number of imidazole rings is 1. The van der Waals surface area contributed by atoms with Crippen molar-refractivity contribution in [3.8, 4) is 0 Å². The number of rotatable bonds is 5. The number of hydrogen-bond donors (Lipinski definition) is 0. The van der Waals surface area contributed by atoms with Crippen molar-refractivity contribution in [2.75, 3.05) is 6.61 Å². The number of ether oxygens (including phenoxy) is 4. The van der Waals surface area contributed by atoms with Gasteiger partial charge in [-0.25, -0.2) is 15.0 Å². The molecule has 0 amide bonds. The number of fused-ring (bicyclic) bond motifs is 1. The number of esters is 3. The van der Waals surface area contributed by atoms with Crippen LogP contribution in [-0.2, 0) is 33.3 Å². The van der Waals surface area contributed by atoms with Gasteiger partial charge in [-0.3, -0.25) is 19.0 Å². The minimum absolute atomic E-state index is 0.177. The van der Waals surface area contributed by atoms with Crippen LogP contribution in [0.2, 0.25) is 0 Å². The molecule has 1 fully saturated rings. The van der Waals surface area contributed by atoms with Gasteiger partial charge in [0, 0.05) is 20.8 Å². The average molecular weight is 378 g/mol. The van der Waals surface area contributed by atoms with Crippen molar-refractivity contribution in [3.63, 3.8) is 0 Å². The van der Waals surface area contributed by atoms with Gasteiger partial charge >= 0.3 is 17.9 Å². The molecule has 144 valence electrons. The highest BCUT2D eigenvalue weighted by molar-refractivity contribution is 5.70. The molecule has 1 aliphatic heterocycles. The van der Waals surface area contributed by atoms with Crippen molar-refractivity contribution >= 4 is 29.1 Å². The molecule has 1 aliphatic rings. The highest BCUT2D eigenvalue weighted by Gasteiger charge is 2.51. The molecule has 11 nitrogen and oxygen atoms in total. The number of hydrogen-bond acceptors (Lipinski definition) is 10. The van der Waals surface area contributed by atoms with Gasteiger partial charge in [0.15, 0.2) is 24.1 Å². The minimum atomic E-state index is -0.987. The van der Waals surface area contributed by atoms with Gasteiger partial charge in [0.05, 0.1) is 12.5 Å². The lowest BCUT2D eigenvalue weighted by Crippen LogP contribution is -2.40. The van der Waals surface area contributed by atoms with E-state index in [4.69, 9.17) is 18.9 Å². The van der Waals surface area contributed by atoms with Gasteiger partial charge in [0.1, 0.15) is 24.6 Å². The summed E-state index contributed by atoms with van der Waals surface area (Å²) in [7, 11) is 0. The monoisotopic (exact) mass is 378 g/mol. The van der Waals surface area contributed by atoms with E-state index >= 15 is 0 Å². The summed E-state index contributed by atoms with van der Waals surface area (Å²) in [5, 5.41) is 0. The molecule has 0 radical (unpaired) electrons. The zero-order valence-corrected chi connectivity index (χ0v) is 14.9. The molecule has 0 aromatic carbocycles. The van der Waals surface area contributed by atoms with Crippen LogP contribution in [0.25, 0.3) is 11.2 Å². The van der Waals surface area contributed by atoms with E-state index in [1.165, 1.54) is 39.6 Å². The van der Waals surface area contributed by atoms with Gasteiger partial charge in [0.2, 0.25) is 0 Å². The van der Waals surface area contributed by atoms with Crippen LogP contribution < -0.4 is 0 Å². The second kappa shape index (κ2) is 7.66. The first-order valence-electron chi connectivity index (χ1n) is 8.12. The molecule has 0 bridgehead atoms. The van der Waals surface area contributed by atoms with Crippen LogP contribution in [0.4, 0.5) is 0 Å². The van der Waals surface area contributed by atoms with E-state index in [9.17, 15) is 14.4 Å². The summed E-state index contributed by atoms with van der Waals surface area (Å²) in [6, 6.07) is 0. The minimum Gasteiger partial charge on any atom is -0.463 e. The summed E-state index contributed by atoms with van der Waals surface area (Å²) in [5.74, 6) is -1.70. The zero-order chi connectivity index (χ0) is 19.6. The molecule has 27 heavy (non-hydrogen) atoms. The summed E-state index contributed by atoms with van der Waals surface area (Å²) >= 11 is 0. The van der Waals surface area contributed by atoms with Crippen molar-refractivity contribution in [2.24, 2.45) is 0 Å². The van der Waals surface area contributed by atoms with E-state index in [0.29, 0.717) is 11.2 Å². The van der Waals surface area contributed by atoms with Gasteiger partial charge in [-0.15, -0.1) is 0 Å². The molecule has 1 saturated heterocycles. The smallest absolute Gasteiger partial charge is 0.303 e. The molecule has 2 aromatic rings. The van der Waals surface area contributed by atoms with Gasteiger partial charge in [-0.05, 0) is 0 Å². The van der Waals surface area contributed by atoms with Crippen LogP contribution in [0.1, 0.15) is 27.0 Å². The van der Waals surface area contributed by atoms with Crippen LogP contribution in [0.15, 0.2) is 18.9 Å². The number of nitrogens with zero attached hydrogens (tertiary/aromatic N) is 4. The highest BCUT2D eigenvalue weighted by atomic mass is 16.7. The summed E-state index contributed by atoms with van der Waals surface area (Å²) in [6.45, 7) is 3.52. The van der Waals surface area contributed by atoms with Crippen molar-refractivity contribution in [1.29, 1.82) is 0 Å². The molecule has 0 aliphatic carbocycles. The zero-order valence-electron chi connectivity index (χ0n) is 14.9. The quantitative estimate of drug-likeness (QED) is 0.523. The first-order chi connectivity index (χ1) is 12.9. The topological polar surface area (TPSA) is 132 Å². The Morgan fingerprint density at radius 1 is 1.07 bits per heavy atom. The lowest BCUT2D eigenvalue weighted by Gasteiger charge is -2.23. The molecular weight excluding hydrogens is 360 g/mol. The highest BCUT2D eigenvalue weighted by Crippen LogP contribution is 2.35. The fourth-order valence-corrected chi connectivity index (χ4v) is 2.89. The summed E-state index contributed by atoms with van der Waals surface area (Å²) in [6.07, 6.45) is 0.629. The van der Waals surface area contributed by atoms with Crippen LogP contribution >= 0.6 is 0 Å². The van der Waals surface area contributed by atoms with E-state index in [1.807, 2.05) is 0 Å². The Balaban J connectivity index is 1.98. The number of aromatic nitrogens is 4. The Morgan fingerprint density at radius 3 is 2.44 bits per heavy atom. The largest absolute Gasteiger partial charge is 0.463 e. The Bertz CT molecular complexity index is 867. The third-order valence-electron chi connectivity index (χ3n) is 3.85. The Kier molecular flexibility index (Phi) is 5.31. The Morgan fingerprint density at radius 2 is 1.78 bits per heavy atom. The van der Waals surface area contributed by atoms with Gasteiger partial charge in [-0.1, -0.05) is 0 Å². The maximum absolute atomic E-state index is 11.6. The van der Waals surface area contributed by atoms with Gasteiger partial charge in [-0.2, -0.15) is 0 Å². The maximum Gasteiger partial charge on any atom is 0.303 e. The predicted octanol–water partition coefficient (Wildman–Crippen LogP) is 0.150. The molecule has 0 spiro atoms. The van der Waals surface area contributed by atoms with Crippen molar-refractivity contribution < 1.29 is 33.3 Å². The standard InChI is InChI=1S/C16H18N4O7/c1-8(21)24-5-12-13(25-9(2)22)14(26-10(3)23)16(27-12)20-7-19-11-4-17-6-18-15(11)20/h4,6-7,12-14,16H,5H2,1-3H3/t12-,13-,14-,16-/m1/s1. The molecule has 4 atom stereocenters. The summed E-state index contributed by atoms with van der Waals surface area (Å²) < 4.78 is 23.2. The van der Waals surface area contributed by atoms with Crippen LogP contribution in [-0.4, -0.2) is 62.3 Å². The lowest BCUT2D eigenvalue weighted by atomic mass is 10.1. The maximum atomic E-state index is 11.6. The SMILES string of the molecule is CC(=O)OC[C@H]1O[C@@H](n2cnc3cncnc32)[C@H](OC(C)=O)[C@@H]1OC(C)=O. The van der Waals surface area contributed by atoms with Gasteiger partial charge < -0.3 is 18.9 Å². The molecule has 11 heteroatoms. The third-order valence-corrected chi connectivity index (χ3v) is 3.85. The average Bonchev–Trinajstić information content (AvgIpc) is 3.15. The molecule has 0 N–H and O–H groups in total. The normalized spacial score (nSPS) is 24.6. The van der Waals surface area contributed by atoms with E-state index in [2.05, 4.69) is 15.0 Å². The molecule has 3 heterocycles. The van der Waals surface area contributed by atoms with E-state index in [0.717, 1.165) is 0 Å². The number of carbonyl (C=O) groups excluding carboxylic acids is 3. The van der Waals surface area contributed by atoms with Crippen molar-refractivity contribution in [1.82, 2.24) is 19.5 Å². The van der Waals surface area contributed by atoms with Gasteiger partial charge in [0.25, 0.3) is 0 Å². The predicted molar refractivity (Wildman–Crippen MR) is 87.0 cm³/mol. The Labute approximate surface area is 153 Å². The second-order valence-corrected chi connectivity index (χ2v) is 5.90. The second-order valence-electron chi connectivity index (χ2n) is 5.90. The van der Waals surface area contributed by atoms with Crippen LogP contribution in [0, 0.1) is 0 Å². The fraction of sp³-hybridized carbons (Fsp3) is 0.500. The number of carbonyl (C=O) groups is 3. The van der Waals surface area contributed by atoms with E-state index in [1.54, 1.807) is 4.57 Å². The molecule has 0 saturated carbocycles. The molecule has 3 rings (SSSR count). The van der Waals surface area contributed by atoms with Crippen molar-refractivity contribution in [3.05, 3.63) is 18.9 Å². The first-order valence-corrected chi connectivity index (χ1v) is 8.12. The third kappa shape index (κ3) is 4.03. The van der Waals surface area contributed by atoms with Crippen LogP contribution in [0.5, 0.6) is 0 Å². The molecule has 0 unspecified atom stereocenters.